The van der Waals surface area contributed by atoms with Crippen LogP contribution in [0.5, 0.6) is 0 Å². The third kappa shape index (κ3) is 1.93. The minimum Gasteiger partial charge on any atom is -0.425 e. The van der Waals surface area contributed by atoms with Crippen LogP contribution in [0.25, 0.3) is 0 Å². The lowest BCUT2D eigenvalue weighted by Gasteiger charge is -2.25. The molecule has 1 aliphatic carbocycles. The molecule has 2 atom stereocenters. The van der Waals surface area contributed by atoms with Crippen molar-refractivity contribution in [3.05, 3.63) is 29.4 Å². The lowest BCUT2D eigenvalue weighted by atomic mass is 9.80. The fourth-order valence-electron chi connectivity index (χ4n) is 4.12. The highest BCUT2D eigenvalue weighted by molar-refractivity contribution is 5.47. The topological polar surface area (TPSA) is 67.9 Å². The molecule has 22 heavy (non-hydrogen) atoms. The summed E-state index contributed by atoms with van der Waals surface area (Å²) in [4.78, 5) is 11.5. The van der Waals surface area contributed by atoms with E-state index in [2.05, 4.69) is 20.1 Å². The van der Waals surface area contributed by atoms with Crippen LogP contribution in [0.4, 0.5) is 5.82 Å². The number of fused-ring (bicyclic) bond motifs is 1. The Balaban J connectivity index is 1.71. The maximum atomic E-state index is 5.83. The van der Waals surface area contributed by atoms with Crippen molar-refractivity contribution in [3.63, 3.8) is 0 Å². The monoisotopic (exact) mass is 299 g/mol. The molecule has 0 aromatic carbocycles. The van der Waals surface area contributed by atoms with E-state index in [0.717, 1.165) is 42.6 Å². The van der Waals surface area contributed by atoms with E-state index in [1.807, 2.05) is 27.0 Å². The van der Waals surface area contributed by atoms with Crippen molar-refractivity contribution in [2.75, 3.05) is 18.0 Å². The smallest absolute Gasteiger partial charge is 0.224 e. The average Bonchev–Trinajstić information content (AvgIpc) is 3.14. The van der Waals surface area contributed by atoms with Crippen LogP contribution >= 0.6 is 0 Å². The zero-order valence-electron chi connectivity index (χ0n) is 13.3. The van der Waals surface area contributed by atoms with E-state index in [9.17, 15) is 0 Å². The molecule has 6 nitrogen and oxygen atoms in total. The molecule has 0 radical (unpaired) electrons. The van der Waals surface area contributed by atoms with Crippen LogP contribution in [-0.2, 0) is 5.41 Å². The Morgan fingerprint density at radius 1 is 1.27 bits per heavy atom. The van der Waals surface area contributed by atoms with E-state index in [4.69, 9.17) is 9.40 Å². The maximum Gasteiger partial charge on any atom is 0.224 e. The van der Waals surface area contributed by atoms with Gasteiger partial charge in [0.15, 0.2) is 0 Å². The number of rotatable bonds is 2. The highest BCUT2D eigenvalue weighted by Gasteiger charge is 2.54. The van der Waals surface area contributed by atoms with Gasteiger partial charge in [0.05, 0.1) is 16.8 Å². The molecule has 4 rings (SSSR count). The molecule has 0 N–H and O–H groups in total. The molecule has 1 aliphatic heterocycles. The quantitative estimate of drug-likeness (QED) is 0.848. The highest BCUT2D eigenvalue weighted by atomic mass is 16.4. The summed E-state index contributed by atoms with van der Waals surface area (Å²) in [5.41, 5.74) is 1.95. The van der Waals surface area contributed by atoms with Crippen molar-refractivity contribution < 1.29 is 4.42 Å². The number of aromatic nitrogens is 4. The Kier molecular flexibility index (Phi) is 2.96. The van der Waals surface area contributed by atoms with Gasteiger partial charge in [-0.05, 0) is 32.6 Å². The van der Waals surface area contributed by atoms with E-state index in [0.29, 0.717) is 11.8 Å². The van der Waals surface area contributed by atoms with Crippen LogP contribution in [0.3, 0.4) is 0 Å². The van der Waals surface area contributed by atoms with E-state index >= 15 is 0 Å². The SMILES string of the molecule is Cc1cnc(C)c(N2C[C@@H]3CCC[C@]3(c3nnc(C)o3)C2)n1. The summed E-state index contributed by atoms with van der Waals surface area (Å²) < 4.78 is 5.83. The number of hydrogen-bond acceptors (Lipinski definition) is 6. The summed E-state index contributed by atoms with van der Waals surface area (Å²) >= 11 is 0. The van der Waals surface area contributed by atoms with Gasteiger partial charge in [-0.15, -0.1) is 10.2 Å². The second kappa shape index (κ2) is 4.76. The Hall–Kier alpha value is -1.98. The average molecular weight is 299 g/mol. The Morgan fingerprint density at radius 2 is 2.14 bits per heavy atom. The van der Waals surface area contributed by atoms with Gasteiger partial charge < -0.3 is 9.32 Å². The first-order chi connectivity index (χ1) is 10.6. The van der Waals surface area contributed by atoms with Gasteiger partial charge in [0.25, 0.3) is 0 Å². The molecule has 0 spiro atoms. The summed E-state index contributed by atoms with van der Waals surface area (Å²) in [6, 6.07) is 0. The number of nitrogens with zero attached hydrogens (tertiary/aromatic N) is 5. The first kappa shape index (κ1) is 13.7. The third-order valence-electron chi connectivity index (χ3n) is 5.17. The van der Waals surface area contributed by atoms with Gasteiger partial charge in [0.1, 0.15) is 5.82 Å². The first-order valence-corrected chi connectivity index (χ1v) is 7.94. The predicted octanol–water partition coefficient (Wildman–Crippen LogP) is 2.34. The molecule has 6 heteroatoms. The molecule has 2 aromatic heterocycles. The number of aryl methyl sites for hydroxylation is 3. The summed E-state index contributed by atoms with van der Waals surface area (Å²) in [6.07, 6.45) is 5.40. The van der Waals surface area contributed by atoms with Gasteiger partial charge in [-0.1, -0.05) is 6.42 Å². The van der Waals surface area contributed by atoms with E-state index in [1.54, 1.807) is 0 Å². The van der Waals surface area contributed by atoms with Gasteiger partial charge in [0, 0.05) is 26.2 Å². The van der Waals surface area contributed by atoms with Crippen LogP contribution in [0.2, 0.25) is 0 Å². The molecule has 1 saturated heterocycles. The zero-order chi connectivity index (χ0) is 15.3. The Bertz CT molecular complexity index is 712. The molecule has 2 aromatic rings. The maximum absolute atomic E-state index is 5.83. The number of hydrogen-bond donors (Lipinski definition) is 0. The van der Waals surface area contributed by atoms with Gasteiger partial charge in [-0.2, -0.15) is 0 Å². The minimum atomic E-state index is -0.000867. The second-order valence-corrected chi connectivity index (χ2v) is 6.67. The second-order valence-electron chi connectivity index (χ2n) is 6.67. The van der Waals surface area contributed by atoms with Crippen molar-refractivity contribution in [2.45, 2.75) is 45.4 Å². The van der Waals surface area contributed by atoms with Crippen LogP contribution in [0.15, 0.2) is 10.6 Å². The standard InChI is InChI=1S/C16H21N5O/c1-10-7-17-11(2)14(18-10)21-8-13-5-4-6-16(13,9-21)15-20-19-12(3)22-15/h7,13H,4-6,8-9H2,1-3H3/t13-,16-/m0/s1. The molecule has 116 valence electrons. The van der Waals surface area contributed by atoms with Crippen molar-refractivity contribution in [1.29, 1.82) is 0 Å². The van der Waals surface area contributed by atoms with Crippen molar-refractivity contribution >= 4 is 5.82 Å². The van der Waals surface area contributed by atoms with Crippen molar-refractivity contribution in [3.8, 4) is 0 Å². The fourth-order valence-corrected chi connectivity index (χ4v) is 4.12. The Morgan fingerprint density at radius 3 is 2.91 bits per heavy atom. The summed E-state index contributed by atoms with van der Waals surface area (Å²) in [5.74, 6) is 3.03. The Labute approximate surface area is 130 Å². The molecule has 3 heterocycles. The molecule has 0 amide bonds. The van der Waals surface area contributed by atoms with E-state index in [1.165, 1.54) is 12.8 Å². The van der Waals surface area contributed by atoms with E-state index in [-0.39, 0.29) is 5.41 Å². The summed E-state index contributed by atoms with van der Waals surface area (Å²) in [5, 5.41) is 8.40. The highest BCUT2D eigenvalue weighted by Crippen LogP contribution is 2.50. The molecule has 0 bridgehead atoms. The molecule has 2 fully saturated rings. The zero-order valence-corrected chi connectivity index (χ0v) is 13.3. The molecule has 1 saturated carbocycles. The van der Waals surface area contributed by atoms with E-state index < -0.39 is 0 Å². The molecule has 2 aliphatic rings. The van der Waals surface area contributed by atoms with Gasteiger partial charge in [-0.3, -0.25) is 4.98 Å². The number of anilines is 1. The van der Waals surface area contributed by atoms with Crippen LogP contribution in [0.1, 0.15) is 42.4 Å². The third-order valence-corrected chi connectivity index (χ3v) is 5.17. The van der Waals surface area contributed by atoms with Crippen LogP contribution < -0.4 is 4.90 Å². The first-order valence-electron chi connectivity index (χ1n) is 7.94. The van der Waals surface area contributed by atoms with Crippen LogP contribution in [0, 0.1) is 26.7 Å². The lowest BCUT2D eigenvalue weighted by molar-refractivity contribution is 0.299. The summed E-state index contributed by atoms with van der Waals surface area (Å²) in [7, 11) is 0. The van der Waals surface area contributed by atoms with Gasteiger partial charge >= 0.3 is 0 Å². The molecular formula is C16H21N5O. The van der Waals surface area contributed by atoms with Crippen molar-refractivity contribution in [2.24, 2.45) is 5.92 Å². The lowest BCUT2D eigenvalue weighted by Crippen LogP contribution is -2.33. The molecular weight excluding hydrogens is 278 g/mol. The predicted molar refractivity (Wildman–Crippen MR) is 81.8 cm³/mol. The fraction of sp³-hybridized carbons (Fsp3) is 0.625. The van der Waals surface area contributed by atoms with Gasteiger partial charge in [0.2, 0.25) is 11.8 Å². The summed E-state index contributed by atoms with van der Waals surface area (Å²) in [6.45, 7) is 7.78. The normalized spacial score (nSPS) is 27.4. The van der Waals surface area contributed by atoms with Crippen molar-refractivity contribution in [1.82, 2.24) is 20.2 Å². The minimum absolute atomic E-state index is 0.000867. The largest absolute Gasteiger partial charge is 0.425 e. The van der Waals surface area contributed by atoms with Crippen LogP contribution in [-0.4, -0.2) is 33.3 Å². The molecule has 0 unspecified atom stereocenters. The van der Waals surface area contributed by atoms with Gasteiger partial charge in [-0.25, -0.2) is 4.98 Å².